The Labute approximate surface area is 248 Å². The normalized spacial score (nSPS) is 12.2. The van der Waals surface area contributed by atoms with Crippen LogP contribution in [0, 0.1) is 0 Å². The standard InChI is InChI=1S/C35H66O5/c1-3-5-7-9-11-13-15-16-17-18-20-21-23-25-27-29-34(37)39-32-33(31-36)40-35(38)30-28-26-24-22-19-14-12-10-8-6-4-2/h10,12,33,36H,3-9,11,13-32H2,1-2H3/b12-10-. The van der Waals surface area contributed by atoms with Crippen molar-refractivity contribution < 1.29 is 24.2 Å². The highest BCUT2D eigenvalue weighted by Gasteiger charge is 2.16. The molecule has 0 aliphatic heterocycles. The van der Waals surface area contributed by atoms with Crippen molar-refractivity contribution in [3.63, 3.8) is 0 Å². The molecule has 1 N–H and O–H groups in total. The average molecular weight is 567 g/mol. The molecule has 5 nitrogen and oxygen atoms in total. The number of ether oxygens (including phenoxy) is 2. The molecule has 0 fully saturated rings. The fourth-order valence-corrected chi connectivity index (χ4v) is 4.89. The minimum absolute atomic E-state index is 0.0639. The lowest BCUT2D eigenvalue weighted by Gasteiger charge is -2.15. The Morgan fingerprint density at radius 3 is 1.43 bits per heavy atom. The Balaban J connectivity index is 3.54. The zero-order valence-corrected chi connectivity index (χ0v) is 26.6. The van der Waals surface area contributed by atoms with E-state index in [1.807, 2.05) is 0 Å². The number of aliphatic hydroxyl groups is 1. The molecule has 0 saturated carbocycles. The van der Waals surface area contributed by atoms with E-state index in [0.717, 1.165) is 44.9 Å². The van der Waals surface area contributed by atoms with Crippen molar-refractivity contribution in [1.29, 1.82) is 0 Å². The van der Waals surface area contributed by atoms with E-state index in [-0.39, 0.29) is 25.2 Å². The van der Waals surface area contributed by atoms with Gasteiger partial charge in [-0.1, -0.05) is 148 Å². The molecule has 0 bridgehead atoms. The molecular weight excluding hydrogens is 500 g/mol. The molecule has 0 heterocycles. The summed E-state index contributed by atoms with van der Waals surface area (Å²) in [5, 5.41) is 9.49. The molecule has 0 aromatic carbocycles. The van der Waals surface area contributed by atoms with Gasteiger partial charge in [0.1, 0.15) is 6.61 Å². The van der Waals surface area contributed by atoms with Gasteiger partial charge in [0, 0.05) is 12.8 Å². The van der Waals surface area contributed by atoms with E-state index in [1.165, 1.54) is 109 Å². The maximum absolute atomic E-state index is 12.1. The largest absolute Gasteiger partial charge is 0.462 e. The summed E-state index contributed by atoms with van der Waals surface area (Å²) in [6.07, 6.45) is 34.1. The van der Waals surface area contributed by atoms with Gasteiger partial charge >= 0.3 is 11.9 Å². The Bertz CT molecular complexity index is 574. The predicted molar refractivity (Wildman–Crippen MR) is 168 cm³/mol. The molecule has 0 spiro atoms. The highest BCUT2D eigenvalue weighted by molar-refractivity contribution is 5.70. The fourth-order valence-electron chi connectivity index (χ4n) is 4.89. The number of esters is 2. The van der Waals surface area contributed by atoms with Crippen LogP contribution in [0.15, 0.2) is 12.2 Å². The zero-order valence-electron chi connectivity index (χ0n) is 26.6. The lowest BCUT2D eigenvalue weighted by atomic mass is 10.0. The summed E-state index contributed by atoms with van der Waals surface area (Å²) in [5.74, 6) is -0.597. The monoisotopic (exact) mass is 566 g/mol. The van der Waals surface area contributed by atoms with Gasteiger partial charge in [0.25, 0.3) is 0 Å². The van der Waals surface area contributed by atoms with Crippen molar-refractivity contribution in [3.05, 3.63) is 12.2 Å². The Kier molecular flexibility index (Phi) is 31.1. The van der Waals surface area contributed by atoms with E-state index in [4.69, 9.17) is 9.47 Å². The fraction of sp³-hybridized carbons (Fsp3) is 0.886. The summed E-state index contributed by atoms with van der Waals surface area (Å²) in [6.45, 7) is 4.09. The van der Waals surface area contributed by atoms with Gasteiger partial charge in [-0.15, -0.1) is 0 Å². The average Bonchev–Trinajstić information content (AvgIpc) is 2.96. The lowest BCUT2D eigenvalue weighted by Crippen LogP contribution is -2.28. The van der Waals surface area contributed by atoms with E-state index >= 15 is 0 Å². The SMILES string of the molecule is CCCC/C=C\CCCCCCCC(=O)OC(CO)COC(=O)CCCCCCCCCCCCCCCCC. The second-order valence-electron chi connectivity index (χ2n) is 11.6. The summed E-state index contributed by atoms with van der Waals surface area (Å²) in [7, 11) is 0. The smallest absolute Gasteiger partial charge is 0.306 e. The van der Waals surface area contributed by atoms with Crippen LogP contribution in [0.1, 0.15) is 181 Å². The molecule has 0 aromatic heterocycles. The molecule has 0 saturated heterocycles. The van der Waals surface area contributed by atoms with Gasteiger partial charge in [0.2, 0.25) is 0 Å². The number of allylic oxidation sites excluding steroid dienone is 2. The van der Waals surface area contributed by atoms with Gasteiger partial charge in [0.05, 0.1) is 6.61 Å². The van der Waals surface area contributed by atoms with Crippen molar-refractivity contribution in [2.45, 2.75) is 187 Å². The molecule has 1 atom stereocenters. The first-order chi connectivity index (χ1) is 19.6. The topological polar surface area (TPSA) is 72.8 Å². The number of rotatable bonds is 31. The third kappa shape index (κ3) is 29.6. The van der Waals surface area contributed by atoms with Gasteiger partial charge in [0.15, 0.2) is 6.10 Å². The summed E-state index contributed by atoms with van der Waals surface area (Å²) in [5.41, 5.74) is 0. The Morgan fingerprint density at radius 2 is 0.950 bits per heavy atom. The molecule has 236 valence electrons. The first kappa shape index (κ1) is 38.6. The van der Waals surface area contributed by atoms with Crippen LogP contribution in [0.4, 0.5) is 0 Å². The van der Waals surface area contributed by atoms with Gasteiger partial charge < -0.3 is 14.6 Å². The first-order valence-electron chi connectivity index (χ1n) is 17.2. The quantitative estimate of drug-likeness (QED) is 0.0513. The molecule has 0 aromatic rings. The van der Waals surface area contributed by atoms with Crippen LogP contribution in [-0.2, 0) is 19.1 Å². The predicted octanol–water partition coefficient (Wildman–Crippen LogP) is 10.2. The third-order valence-corrected chi connectivity index (χ3v) is 7.56. The second-order valence-corrected chi connectivity index (χ2v) is 11.6. The zero-order chi connectivity index (χ0) is 29.4. The number of unbranched alkanes of at least 4 members (excludes halogenated alkanes) is 21. The molecular formula is C35H66O5. The van der Waals surface area contributed by atoms with E-state index in [9.17, 15) is 14.7 Å². The maximum atomic E-state index is 12.1. The summed E-state index contributed by atoms with van der Waals surface area (Å²) < 4.78 is 10.5. The van der Waals surface area contributed by atoms with Crippen LogP contribution < -0.4 is 0 Å². The molecule has 0 radical (unpaired) electrons. The number of hydrogen-bond acceptors (Lipinski definition) is 5. The van der Waals surface area contributed by atoms with Crippen LogP contribution in [0.2, 0.25) is 0 Å². The van der Waals surface area contributed by atoms with Gasteiger partial charge in [-0.05, 0) is 32.1 Å². The molecule has 40 heavy (non-hydrogen) atoms. The van der Waals surface area contributed by atoms with Crippen molar-refractivity contribution >= 4 is 11.9 Å². The van der Waals surface area contributed by atoms with E-state index < -0.39 is 6.10 Å². The van der Waals surface area contributed by atoms with Gasteiger partial charge in [-0.25, -0.2) is 0 Å². The summed E-state index contributed by atoms with van der Waals surface area (Å²) >= 11 is 0. The first-order valence-corrected chi connectivity index (χ1v) is 17.2. The molecule has 5 heteroatoms. The minimum atomic E-state index is -0.767. The molecule has 0 aliphatic rings. The highest BCUT2D eigenvalue weighted by atomic mass is 16.6. The summed E-state index contributed by atoms with van der Waals surface area (Å²) in [4.78, 5) is 24.1. The number of carbonyl (C=O) groups excluding carboxylic acids is 2. The van der Waals surface area contributed by atoms with Crippen molar-refractivity contribution in [3.8, 4) is 0 Å². The van der Waals surface area contributed by atoms with Gasteiger partial charge in [-0.3, -0.25) is 9.59 Å². The number of aliphatic hydroxyl groups excluding tert-OH is 1. The van der Waals surface area contributed by atoms with Crippen LogP contribution in [-0.4, -0.2) is 36.4 Å². The third-order valence-electron chi connectivity index (χ3n) is 7.56. The maximum Gasteiger partial charge on any atom is 0.306 e. The molecule has 0 rings (SSSR count). The Morgan fingerprint density at radius 1 is 0.550 bits per heavy atom. The number of hydrogen-bond donors (Lipinski definition) is 1. The van der Waals surface area contributed by atoms with E-state index in [0.29, 0.717) is 12.8 Å². The Hall–Kier alpha value is -1.36. The number of carbonyl (C=O) groups is 2. The van der Waals surface area contributed by atoms with Crippen LogP contribution in [0.5, 0.6) is 0 Å². The highest BCUT2D eigenvalue weighted by Crippen LogP contribution is 2.14. The van der Waals surface area contributed by atoms with Crippen molar-refractivity contribution in [2.75, 3.05) is 13.2 Å². The van der Waals surface area contributed by atoms with E-state index in [1.54, 1.807) is 0 Å². The molecule has 0 amide bonds. The van der Waals surface area contributed by atoms with Crippen molar-refractivity contribution in [1.82, 2.24) is 0 Å². The van der Waals surface area contributed by atoms with Crippen LogP contribution >= 0.6 is 0 Å². The van der Waals surface area contributed by atoms with Crippen molar-refractivity contribution in [2.24, 2.45) is 0 Å². The van der Waals surface area contributed by atoms with Crippen LogP contribution in [0.3, 0.4) is 0 Å². The van der Waals surface area contributed by atoms with E-state index in [2.05, 4.69) is 26.0 Å². The molecule has 0 aliphatic carbocycles. The lowest BCUT2D eigenvalue weighted by molar-refractivity contribution is -0.161. The van der Waals surface area contributed by atoms with Crippen LogP contribution in [0.25, 0.3) is 0 Å². The summed E-state index contributed by atoms with van der Waals surface area (Å²) in [6, 6.07) is 0. The molecule has 1 unspecified atom stereocenters. The minimum Gasteiger partial charge on any atom is -0.462 e. The van der Waals surface area contributed by atoms with Gasteiger partial charge in [-0.2, -0.15) is 0 Å². The second kappa shape index (κ2) is 32.2.